The van der Waals surface area contributed by atoms with Crippen LogP contribution in [0.1, 0.15) is 23.3 Å². The zero-order valence-electron chi connectivity index (χ0n) is 15.0. The second-order valence-corrected chi connectivity index (χ2v) is 7.26. The van der Waals surface area contributed by atoms with E-state index in [2.05, 4.69) is 15.4 Å². The average molecular weight is 404 g/mol. The fraction of sp³-hybridized carbons (Fsp3) is 0.316. The summed E-state index contributed by atoms with van der Waals surface area (Å²) < 4.78 is 1.82. The Morgan fingerprint density at radius 1 is 1.33 bits per heavy atom. The summed E-state index contributed by atoms with van der Waals surface area (Å²) in [4.78, 5) is 19.4. The van der Waals surface area contributed by atoms with Crippen LogP contribution in [0, 0.1) is 0 Å². The van der Waals surface area contributed by atoms with Gasteiger partial charge in [-0.3, -0.25) is 4.79 Å². The number of halogens is 1. The van der Waals surface area contributed by atoms with Crippen molar-refractivity contribution in [3.05, 3.63) is 53.8 Å². The molecule has 4 rings (SSSR count). The van der Waals surface area contributed by atoms with Crippen LogP contribution >= 0.6 is 23.7 Å². The molecule has 1 aromatic carbocycles. The molecule has 1 amide bonds. The maximum Gasteiger partial charge on any atom is 0.273 e. The van der Waals surface area contributed by atoms with Gasteiger partial charge in [-0.2, -0.15) is 5.10 Å². The highest BCUT2D eigenvalue weighted by Gasteiger charge is 2.30. The van der Waals surface area contributed by atoms with Crippen molar-refractivity contribution in [1.82, 2.24) is 25.0 Å². The molecule has 0 saturated carbocycles. The number of aromatic nitrogens is 3. The highest BCUT2D eigenvalue weighted by atomic mass is 35.5. The Hall–Kier alpha value is -2.22. The van der Waals surface area contributed by atoms with Crippen molar-refractivity contribution in [2.24, 2.45) is 0 Å². The van der Waals surface area contributed by atoms with Gasteiger partial charge in [-0.1, -0.05) is 18.2 Å². The van der Waals surface area contributed by atoms with Crippen LogP contribution in [-0.2, 0) is 0 Å². The minimum atomic E-state index is 0. The van der Waals surface area contributed by atoms with Gasteiger partial charge in [0.05, 0.1) is 11.9 Å². The Labute approximate surface area is 168 Å². The number of carbonyl (C=O) groups excluding carboxylic acids is 1. The smallest absolute Gasteiger partial charge is 0.273 e. The van der Waals surface area contributed by atoms with E-state index >= 15 is 0 Å². The Kier molecular flexibility index (Phi) is 6.26. The molecule has 1 fully saturated rings. The van der Waals surface area contributed by atoms with Crippen molar-refractivity contribution in [3.8, 4) is 16.3 Å². The third-order valence-electron chi connectivity index (χ3n) is 4.65. The van der Waals surface area contributed by atoms with E-state index in [-0.39, 0.29) is 24.4 Å². The first kappa shape index (κ1) is 19.5. The molecule has 1 N–H and O–H groups in total. The molecule has 3 aromatic rings. The molecule has 27 heavy (non-hydrogen) atoms. The molecule has 142 valence electrons. The highest BCUT2D eigenvalue weighted by Crippen LogP contribution is 2.26. The number of amides is 1. The first-order valence-corrected chi connectivity index (χ1v) is 9.66. The molecule has 1 unspecified atom stereocenters. The molecule has 0 bridgehead atoms. The van der Waals surface area contributed by atoms with Gasteiger partial charge in [0.2, 0.25) is 0 Å². The summed E-state index contributed by atoms with van der Waals surface area (Å²) in [7, 11) is 1.92. The molecule has 6 nitrogen and oxygen atoms in total. The average Bonchev–Trinajstić information content (AvgIpc) is 3.42. The van der Waals surface area contributed by atoms with E-state index in [0.717, 1.165) is 42.2 Å². The van der Waals surface area contributed by atoms with Crippen LogP contribution in [0.5, 0.6) is 0 Å². The van der Waals surface area contributed by atoms with Crippen LogP contribution < -0.4 is 5.32 Å². The molecular formula is C19H22ClN5OS. The standard InChI is InChI=1S/C19H21N5OS.ClH/c1-20-11-16-8-5-9-23(16)19(25)17-13-26-18(22-17)14-10-21-24(12-14)15-6-3-2-4-7-15;/h2-4,6-7,10,12-13,16,20H,5,8-9,11H2,1H3;1H. The second kappa shape index (κ2) is 8.65. The van der Waals surface area contributed by atoms with Crippen LogP contribution in [0.15, 0.2) is 48.1 Å². The fourth-order valence-corrected chi connectivity index (χ4v) is 4.13. The van der Waals surface area contributed by atoms with Gasteiger partial charge in [-0.15, -0.1) is 23.7 Å². The number of nitrogens with zero attached hydrogens (tertiary/aromatic N) is 4. The summed E-state index contributed by atoms with van der Waals surface area (Å²) in [5, 5.41) is 10.3. The third kappa shape index (κ3) is 4.05. The predicted molar refractivity (Wildman–Crippen MR) is 110 cm³/mol. The Morgan fingerprint density at radius 2 is 2.15 bits per heavy atom. The summed E-state index contributed by atoms with van der Waals surface area (Å²) in [5.41, 5.74) is 2.45. The lowest BCUT2D eigenvalue weighted by molar-refractivity contribution is 0.0732. The number of likely N-dealkylation sites (N-methyl/N-ethyl adjacent to an activating group) is 1. The zero-order chi connectivity index (χ0) is 17.9. The second-order valence-electron chi connectivity index (χ2n) is 6.40. The third-order valence-corrected chi connectivity index (χ3v) is 5.54. The number of hydrogen-bond acceptors (Lipinski definition) is 5. The summed E-state index contributed by atoms with van der Waals surface area (Å²) in [6, 6.07) is 10.2. The van der Waals surface area contributed by atoms with E-state index < -0.39 is 0 Å². The van der Waals surface area contributed by atoms with E-state index in [1.54, 1.807) is 6.20 Å². The van der Waals surface area contributed by atoms with Crippen molar-refractivity contribution in [1.29, 1.82) is 0 Å². The van der Waals surface area contributed by atoms with E-state index in [1.165, 1.54) is 11.3 Å². The van der Waals surface area contributed by atoms with Crippen LogP contribution in [0.3, 0.4) is 0 Å². The van der Waals surface area contributed by atoms with Gasteiger partial charge in [0.15, 0.2) is 0 Å². The van der Waals surface area contributed by atoms with Gasteiger partial charge in [0, 0.05) is 36.3 Å². The van der Waals surface area contributed by atoms with Gasteiger partial charge in [-0.05, 0) is 32.0 Å². The lowest BCUT2D eigenvalue weighted by atomic mass is 10.2. The number of carbonyl (C=O) groups is 1. The summed E-state index contributed by atoms with van der Waals surface area (Å²) in [6.45, 7) is 1.64. The zero-order valence-corrected chi connectivity index (χ0v) is 16.7. The van der Waals surface area contributed by atoms with Crippen LogP contribution in [0.4, 0.5) is 0 Å². The molecule has 1 saturated heterocycles. The van der Waals surface area contributed by atoms with Crippen molar-refractivity contribution in [3.63, 3.8) is 0 Å². The first-order valence-electron chi connectivity index (χ1n) is 8.78. The maximum atomic E-state index is 12.8. The summed E-state index contributed by atoms with van der Waals surface area (Å²) in [6.07, 6.45) is 5.84. The fourth-order valence-electron chi connectivity index (χ4n) is 3.36. The number of nitrogens with one attached hydrogen (secondary N) is 1. The molecule has 0 radical (unpaired) electrons. The molecule has 0 aliphatic carbocycles. The first-order chi connectivity index (χ1) is 12.8. The molecule has 1 atom stereocenters. The van der Waals surface area contributed by atoms with Crippen LogP contribution in [-0.4, -0.2) is 51.8 Å². The Bertz CT molecular complexity index is 894. The van der Waals surface area contributed by atoms with Gasteiger partial charge in [0.1, 0.15) is 10.7 Å². The molecule has 0 spiro atoms. The highest BCUT2D eigenvalue weighted by molar-refractivity contribution is 7.13. The quantitative estimate of drug-likeness (QED) is 0.710. The van der Waals surface area contributed by atoms with Gasteiger partial charge >= 0.3 is 0 Å². The lowest BCUT2D eigenvalue weighted by Gasteiger charge is -2.23. The van der Waals surface area contributed by atoms with Crippen molar-refractivity contribution >= 4 is 29.7 Å². The Balaban J connectivity index is 0.00000210. The Morgan fingerprint density at radius 3 is 2.93 bits per heavy atom. The molecule has 1 aliphatic heterocycles. The van der Waals surface area contributed by atoms with E-state index in [9.17, 15) is 4.79 Å². The largest absolute Gasteiger partial charge is 0.333 e. The maximum absolute atomic E-state index is 12.8. The van der Waals surface area contributed by atoms with E-state index in [0.29, 0.717) is 5.69 Å². The van der Waals surface area contributed by atoms with E-state index in [4.69, 9.17) is 0 Å². The number of para-hydroxylation sites is 1. The normalized spacial score (nSPS) is 16.3. The summed E-state index contributed by atoms with van der Waals surface area (Å²) >= 11 is 1.49. The molecule has 3 heterocycles. The van der Waals surface area contributed by atoms with Crippen molar-refractivity contribution in [2.75, 3.05) is 20.1 Å². The predicted octanol–water partition coefficient (Wildman–Crippen LogP) is 3.24. The number of thiazole rings is 1. The van der Waals surface area contributed by atoms with Crippen molar-refractivity contribution in [2.45, 2.75) is 18.9 Å². The number of likely N-dealkylation sites (tertiary alicyclic amines) is 1. The molecule has 8 heteroatoms. The minimum Gasteiger partial charge on any atom is -0.333 e. The summed E-state index contributed by atoms with van der Waals surface area (Å²) in [5.74, 6) is 0.0284. The SMILES string of the molecule is CNCC1CCCN1C(=O)c1csc(-c2cnn(-c3ccccc3)c2)n1.Cl. The number of rotatable bonds is 5. The number of benzene rings is 1. The number of hydrogen-bond donors (Lipinski definition) is 1. The molecule has 1 aliphatic rings. The van der Waals surface area contributed by atoms with Crippen LogP contribution in [0.25, 0.3) is 16.3 Å². The van der Waals surface area contributed by atoms with E-state index in [1.807, 2.05) is 58.5 Å². The topological polar surface area (TPSA) is 63.1 Å². The van der Waals surface area contributed by atoms with Gasteiger partial charge < -0.3 is 10.2 Å². The van der Waals surface area contributed by atoms with Gasteiger partial charge in [-0.25, -0.2) is 9.67 Å². The van der Waals surface area contributed by atoms with Gasteiger partial charge in [0.25, 0.3) is 5.91 Å². The monoisotopic (exact) mass is 403 g/mol. The van der Waals surface area contributed by atoms with Crippen molar-refractivity contribution < 1.29 is 4.79 Å². The lowest BCUT2D eigenvalue weighted by Crippen LogP contribution is -2.40. The molecule has 2 aromatic heterocycles. The molecular weight excluding hydrogens is 382 g/mol. The van der Waals surface area contributed by atoms with Crippen LogP contribution in [0.2, 0.25) is 0 Å². The minimum absolute atomic E-state index is 0.